The van der Waals surface area contributed by atoms with E-state index in [4.69, 9.17) is 11.6 Å². The van der Waals surface area contributed by atoms with Gasteiger partial charge in [-0.3, -0.25) is 13.9 Å². The quantitative estimate of drug-likeness (QED) is 0.512. The van der Waals surface area contributed by atoms with E-state index in [2.05, 4.69) is 5.32 Å². The summed E-state index contributed by atoms with van der Waals surface area (Å²) in [7, 11) is -3.74. The van der Waals surface area contributed by atoms with E-state index >= 15 is 0 Å². The Balaban J connectivity index is 1.91. The molecule has 0 bridgehead atoms. The highest BCUT2D eigenvalue weighted by Crippen LogP contribution is 2.26. The van der Waals surface area contributed by atoms with Gasteiger partial charge in [0.1, 0.15) is 6.54 Å². The minimum absolute atomic E-state index is 0.217. The Kier molecular flexibility index (Phi) is 7.01. The number of nitrogens with one attached hydrogen (secondary N) is 1. The molecule has 0 aliphatic rings. The van der Waals surface area contributed by atoms with E-state index in [1.54, 1.807) is 55.5 Å². The topological polar surface area (TPSA) is 83.6 Å². The lowest BCUT2D eigenvalue weighted by Crippen LogP contribution is -2.38. The van der Waals surface area contributed by atoms with E-state index in [0.29, 0.717) is 16.3 Å². The molecule has 0 atom stereocenters. The second-order valence-corrected chi connectivity index (χ2v) is 9.77. The van der Waals surface area contributed by atoms with Crippen molar-refractivity contribution < 1.29 is 18.0 Å². The van der Waals surface area contributed by atoms with Crippen LogP contribution in [0.1, 0.15) is 27.0 Å². The predicted molar refractivity (Wildman–Crippen MR) is 128 cm³/mol. The second-order valence-electron chi connectivity index (χ2n) is 7.42. The third kappa shape index (κ3) is 5.36. The molecular formula is C24H23ClN2O4S. The normalized spacial score (nSPS) is 11.1. The van der Waals surface area contributed by atoms with Crippen molar-refractivity contribution in [3.05, 3.63) is 94.0 Å². The van der Waals surface area contributed by atoms with Gasteiger partial charge in [-0.15, -0.1) is 0 Å². The Morgan fingerprint density at radius 1 is 0.969 bits per heavy atom. The molecule has 1 amide bonds. The molecular weight excluding hydrogens is 448 g/mol. The zero-order valence-electron chi connectivity index (χ0n) is 17.9. The zero-order valence-corrected chi connectivity index (χ0v) is 19.5. The van der Waals surface area contributed by atoms with Gasteiger partial charge in [0.25, 0.3) is 0 Å². The van der Waals surface area contributed by atoms with E-state index in [0.717, 1.165) is 21.7 Å². The fourth-order valence-corrected chi connectivity index (χ4v) is 4.34. The average molecular weight is 471 g/mol. The van der Waals surface area contributed by atoms with Crippen molar-refractivity contribution in [1.82, 2.24) is 0 Å². The highest BCUT2D eigenvalue weighted by Gasteiger charge is 2.24. The van der Waals surface area contributed by atoms with Gasteiger partial charge < -0.3 is 5.32 Å². The summed E-state index contributed by atoms with van der Waals surface area (Å²) in [5, 5.41) is 3.01. The van der Waals surface area contributed by atoms with Gasteiger partial charge in [-0.25, -0.2) is 8.42 Å². The lowest BCUT2D eigenvalue weighted by molar-refractivity contribution is -0.114. The summed E-state index contributed by atoms with van der Waals surface area (Å²) in [5.74, 6) is -0.890. The second kappa shape index (κ2) is 9.54. The number of rotatable bonds is 7. The van der Waals surface area contributed by atoms with Gasteiger partial charge in [0.05, 0.1) is 17.6 Å². The maximum Gasteiger partial charge on any atom is 0.245 e. The first-order chi connectivity index (χ1) is 15.1. The highest BCUT2D eigenvalue weighted by atomic mass is 35.5. The van der Waals surface area contributed by atoms with Gasteiger partial charge in [0, 0.05) is 16.1 Å². The molecule has 0 saturated carbocycles. The van der Waals surface area contributed by atoms with Gasteiger partial charge in [0.2, 0.25) is 15.9 Å². The van der Waals surface area contributed by atoms with Gasteiger partial charge in [0.15, 0.2) is 5.78 Å². The van der Waals surface area contributed by atoms with Crippen molar-refractivity contribution in [2.45, 2.75) is 13.8 Å². The maximum absolute atomic E-state index is 13.0. The lowest BCUT2D eigenvalue weighted by Gasteiger charge is -2.24. The van der Waals surface area contributed by atoms with Crippen LogP contribution in [-0.4, -0.2) is 32.9 Å². The average Bonchev–Trinajstić information content (AvgIpc) is 2.75. The molecule has 3 rings (SSSR count). The summed E-state index contributed by atoms with van der Waals surface area (Å²) in [6.07, 6.45) is 1.05. The van der Waals surface area contributed by atoms with Crippen molar-refractivity contribution in [3.63, 3.8) is 0 Å². The number of sulfonamides is 1. The molecule has 8 heteroatoms. The molecule has 6 nitrogen and oxygen atoms in total. The highest BCUT2D eigenvalue weighted by molar-refractivity contribution is 7.92. The molecule has 0 spiro atoms. The Morgan fingerprint density at radius 2 is 1.66 bits per heavy atom. The smallest absolute Gasteiger partial charge is 0.245 e. The summed E-state index contributed by atoms with van der Waals surface area (Å²) in [5.41, 5.74) is 3.01. The molecule has 0 aliphatic carbocycles. The first-order valence-corrected chi connectivity index (χ1v) is 12.0. The van der Waals surface area contributed by atoms with Crippen LogP contribution in [0.4, 0.5) is 11.4 Å². The molecule has 166 valence electrons. The standard InChI is InChI=1S/C24H23ClN2O4S/c1-16-8-7-11-22(17(16)2)27(32(3,30)31)15-23(28)26-21-13-12-19(25)14-20(21)24(29)18-9-5-4-6-10-18/h4-14H,15H2,1-3H3,(H,26,28). The molecule has 0 unspecified atom stereocenters. The molecule has 0 heterocycles. The first-order valence-electron chi connectivity index (χ1n) is 9.81. The molecule has 3 aromatic carbocycles. The van der Waals surface area contributed by atoms with E-state index in [1.807, 2.05) is 13.0 Å². The van der Waals surface area contributed by atoms with E-state index in [1.165, 1.54) is 12.1 Å². The monoisotopic (exact) mass is 470 g/mol. The van der Waals surface area contributed by atoms with Gasteiger partial charge in [-0.2, -0.15) is 0 Å². The number of benzene rings is 3. The third-order valence-electron chi connectivity index (χ3n) is 5.07. The number of amides is 1. The van der Waals surface area contributed by atoms with Crippen LogP contribution in [0.15, 0.2) is 66.7 Å². The van der Waals surface area contributed by atoms with Crippen LogP contribution in [0.2, 0.25) is 5.02 Å². The van der Waals surface area contributed by atoms with Crippen LogP contribution < -0.4 is 9.62 Å². The molecule has 0 saturated heterocycles. The first kappa shape index (κ1) is 23.5. The van der Waals surface area contributed by atoms with Gasteiger partial charge in [-0.05, 0) is 49.2 Å². The number of hydrogen-bond acceptors (Lipinski definition) is 4. The van der Waals surface area contributed by atoms with Crippen LogP contribution in [0.5, 0.6) is 0 Å². The SMILES string of the molecule is Cc1cccc(N(CC(=O)Nc2ccc(Cl)cc2C(=O)c2ccccc2)S(C)(=O)=O)c1C. The van der Waals surface area contributed by atoms with Gasteiger partial charge in [-0.1, -0.05) is 54.1 Å². The van der Waals surface area contributed by atoms with Crippen LogP contribution in [0.25, 0.3) is 0 Å². The Morgan fingerprint density at radius 3 is 2.31 bits per heavy atom. The Labute approximate surface area is 192 Å². The van der Waals surface area contributed by atoms with Crippen molar-refractivity contribution >= 4 is 44.7 Å². The number of carbonyl (C=O) groups is 2. The molecule has 1 N–H and O–H groups in total. The molecule has 3 aromatic rings. The summed E-state index contributed by atoms with van der Waals surface area (Å²) in [6, 6.07) is 18.4. The fourth-order valence-electron chi connectivity index (χ4n) is 3.27. The van der Waals surface area contributed by atoms with Crippen molar-refractivity contribution in [3.8, 4) is 0 Å². The Hall–Kier alpha value is -3.16. The Bertz CT molecular complexity index is 1270. The van der Waals surface area contributed by atoms with Gasteiger partial charge >= 0.3 is 0 Å². The number of ketones is 1. The maximum atomic E-state index is 13.0. The molecule has 0 aliphatic heterocycles. The molecule has 0 radical (unpaired) electrons. The summed E-state index contributed by atoms with van der Waals surface area (Å²) in [6.45, 7) is 3.23. The molecule has 0 aromatic heterocycles. The molecule has 0 fully saturated rings. The van der Waals surface area contributed by atoms with Crippen LogP contribution in [0.3, 0.4) is 0 Å². The number of nitrogens with zero attached hydrogens (tertiary/aromatic N) is 1. The summed E-state index contributed by atoms with van der Waals surface area (Å²) in [4.78, 5) is 25.8. The fraction of sp³-hybridized carbons (Fsp3) is 0.167. The predicted octanol–water partition coefficient (Wildman–Crippen LogP) is 4.59. The zero-order chi connectivity index (χ0) is 23.5. The van der Waals surface area contributed by atoms with Crippen LogP contribution >= 0.6 is 11.6 Å². The van der Waals surface area contributed by atoms with E-state index in [9.17, 15) is 18.0 Å². The number of anilines is 2. The van der Waals surface area contributed by atoms with E-state index < -0.39 is 22.5 Å². The summed E-state index contributed by atoms with van der Waals surface area (Å²) < 4.78 is 26.0. The number of halogens is 1. The van der Waals surface area contributed by atoms with Crippen LogP contribution in [-0.2, 0) is 14.8 Å². The largest absolute Gasteiger partial charge is 0.324 e. The number of aryl methyl sites for hydroxylation is 1. The van der Waals surface area contributed by atoms with Crippen molar-refractivity contribution in [1.29, 1.82) is 0 Å². The third-order valence-corrected chi connectivity index (χ3v) is 6.43. The van der Waals surface area contributed by atoms with E-state index in [-0.39, 0.29) is 17.0 Å². The minimum atomic E-state index is -3.74. The van der Waals surface area contributed by atoms with Crippen LogP contribution in [0, 0.1) is 13.8 Å². The minimum Gasteiger partial charge on any atom is -0.324 e. The lowest BCUT2D eigenvalue weighted by atomic mass is 10.0. The number of hydrogen-bond donors (Lipinski definition) is 1. The molecule has 32 heavy (non-hydrogen) atoms. The van der Waals surface area contributed by atoms with Crippen molar-refractivity contribution in [2.24, 2.45) is 0 Å². The summed E-state index contributed by atoms with van der Waals surface area (Å²) >= 11 is 6.09. The van der Waals surface area contributed by atoms with Crippen molar-refractivity contribution in [2.75, 3.05) is 22.4 Å². The number of carbonyl (C=O) groups excluding carboxylic acids is 2.